The summed E-state index contributed by atoms with van der Waals surface area (Å²) in [5.74, 6) is 0.508. The van der Waals surface area contributed by atoms with Gasteiger partial charge < -0.3 is 4.90 Å². The molecular weight excluding hydrogens is 394 g/mol. The number of anilines is 1. The Hall–Kier alpha value is -2.73. The molecule has 1 aromatic heterocycles. The summed E-state index contributed by atoms with van der Waals surface area (Å²) in [5, 5.41) is 11.9. The van der Waals surface area contributed by atoms with Crippen molar-refractivity contribution in [2.24, 2.45) is 0 Å². The number of non-ortho nitro benzene ring substituents is 1. The van der Waals surface area contributed by atoms with Crippen molar-refractivity contribution in [1.82, 2.24) is 4.98 Å². The zero-order chi connectivity index (χ0) is 21.6. The second-order valence-corrected chi connectivity index (χ2v) is 9.79. The van der Waals surface area contributed by atoms with E-state index in [4.69, 9.17) is 0 Å². The van der Waals surface area contributed by atoms with Crippen molar-refractivity contribution in [2.75, 3.05) is 11.4 Å². The fourth-order valence-electron chi connectivity index (χ4n) is 4.71. The summed E-state index contributed by atoms with van der Waals surface area (Å²) in [6.45, 7) is 12.4. The second-order valence-electron chi connectivity index (χ2n) is 8.72. The lowest BCUT2D eigenvalue weighted by atomic mass is 9.79. The van der Waals surface area contributed by atoms with Crippen LogP contribution in [-0.4, -0.2) is 22.0 Å². The maximum atomic E-state index is 11.0. The summed E-state index contributed by atoms with van der Waals surface area (Å²) in [7, 11) is 0. The highest BCUT2D eigenvalue weighted by Crippen LogP contribution is 2.44. The van der Waals surface area contributed by atoms with E-state index >= 15 is 0 Å². The molecule has 0 spiro atoms. The van der Waals surface area contributed by atoms with Crippen LogP contribution >= 0.6 is 11.3 Å². The highest BCUT2D eigenvalue weighted by Gasteiger charge is 2.35. The smallest absolute Gasteiger partial charge is 0.270 e. The number of nitro benzene ring substituents is 1. The van der Waals surface area contributed by atoms with Crippen LogP contribution in [0, 0.1) is 17.0 Å². The molecule has 1 aliphatic heterocycles. The Balaban J connectivity index is 1.69. The van der Waals surface area contributed by atoms with Crippen LogP contribution in [0.25, 0.3) is 22.4 Å². The van der Waals surface area contributed by atoms with Gasteiger partial charge in [0.1, 0.15) is 5.01 Å². The summed E-state index contributed by atoms with van der Waals surface area (Å²) < 4.78 is 0.834. The van der Waals surface area contributed by atoms with E-state index in [1.807, 2.05) is 6.08 Å². The zero-order valence-corrected chi connectivity index (χ0v) is 18.9. The highest BCUT2D eigenvalue weighted by molar-refractivity contribution is 7.19. The Morgan fingerprint density at radius 1 is 1.30 bits per heavy atom. The Labute approximate surface area is 181 Å². The number of nitrogens with zero attached hydrogens (tertiary/aromatic N) is 3. The lowest BCUT2D eigenvalue weighted by Gasteiger charge is -2.47. The molecule has 1 unspecified atom stereocenters. The predicted octanol–water partition coefficient (Wildman–Crippen LogP) is 6.80. The van der Waals surface area contributed by atoms with Crippen LogP contribution in [0.4, 0.5) is 11.4 Å². The monoisotopic (exact) mass is 421 g/mol. The van der Waals surface area contributed by atoms with E-state index in [-0.39, 0.29) is 16.1 Å². The number of hydrogen-bond acceptors (Lipinski definition) is 5. The molecule has 1 aliphatic rings. The van der Waals surface area contributed by atoms with Gasteiger partial charge in [0.25, 0.3) is 5.69 Å². The molecule has 5 nitrogen and oxygen atoms in total. The molecule has 0 bridgehead atoms. The SMILES string of the molecule is CCN1c2cc(C)c(/C=C/c3nc4ccc([N+](=O)[O-])cc4s3)cc2C(C)CC1(C)C. The number of aromatic nitrogens is 1. The van der Waals surface area contributed by atoms with Crippen LogP contribution in [0.3, 0.4) is 0 Å². The number of fused-ring (bicyclic) bond motifs is 2. The van der Waals surface area contributed by atoms with Gasteiger partial charge in [-0.3, -0.25) is 10.1 Å². The van der Waals surface area contributed by atoms with Gasteiger partial charge in [-0.2, -0.15) is 0 Å². The molecule has 0 saturated carbocycles. The van der Waals surface area contributed by atoms with Crippen molar-refractivity contribution >= 4 is 45.1 Å². The van der Waals surface area contributed by atoms with Crippen molar-refractivity contribution in [3.63, 3.8) is 0 Å². The Morgan fingerprint density at radius 2 is 2.07 bits per heavy atom. The third kappa shape index (κ3) is 3.60. The minimum atomic E-state index is -0.368. The van der Waals surface area contributed by atoms with Crippen LogP contribution in [0.2, 0.25) is 0 Å². The molecule has 0 radical (unpaired) electrons. The van der Waals surface area contributed by atoms with Gasteiger partial charge in [0.05, 0.1) is 15.1 Å². The van der Waals surface area contributed by atoms with Gasteiger partial charge in [-0.25, -0.2) is 4.98 Å². The van der Waals surface area contributed by atoms with Gasteiger partial charge >= 0.3 is 0 Å². The van der Waals surface area contributed by atoms with Gasteiger partial charge in [-0.15, -0.1) is 11.3 Å². The van der Waals surface area contributed by atoms with Gasteiger partial charge in [0, 0.05) is 29.9 Å². The molecule has 2 heterocycles. The third-order valence-electron chi connectivity index (χ3n) is 6.09. The summed E-state index contributed by atoms with van der Waals surface area (Å²) in [4.78, 5) is 17.8. The lowest BCUT2D eigenvalue weighted by molar-refractivity contribution is -0.384. The lowest BCUT2D eigenvalue weighted by Crippen LogP contribution is -2.48. The normalized spacial score (nSPS) is 18.2. The second kappa shape index (κ2) is 7.51. The molecule has 1 atom stereocenters. The zero-order valence-electron chi connectivity index (χ0n) is 18.1. The predicted molar refractivity (Wildman–Crippen MR) is 127 cm³/mol. The average molecular weight is 422 g/mol. The minimum Gasteiger partial charge on any atom is -0.366 e. The molecule has 2 aromatic carbocycles. The quantitative estimate of drug-likeness (QED) is 0.343. The van der Waals surface area contributed by atoms with Crippen LogP contribution in [-0.2, 0) is 0 Å². The molecule has 30 heavy (non-hydrogen) atoms. The molecule has 0 amide bonds. The minimum absolute atomic E-state index is 0.101. The van der Waals surface area contributed by atoms with Crippen LogP contribution < -0.4 is 4.90 Å². The Kier molecular flexibility index (Phi) is 5.14. The van der Waals surface area contributed by atoms with E-state index < -0.39 is 0 Å². The number of aryl methyl sites for hydroxylation is 1. The van der Waals surface area contributed by atoms with Crippen molar-refractivity contribution in [3.8, 4) is 0 Å². The highest BCUT2D eigenvalue weighted by atomic mass is 32.1. The van der Waals surface area contributed by atoms with E-state index in [9.17, 15) is 10.1 Å². The van der Waals surface area contributed by atoms with Gasteiger partial charge in [-0.05, 0) is 81.0 Å². The summed E-state index contributed by atoms with van der Waals surface area (Å²) in [6.07, 6.45) is 5.27. The molecule has 3 aromatic rings. The van der Waals surface area contributed by atoms with Crippen molar-refractivity contribution < 1.29 is 4.92 Å². The topological polar surface area (TPSA) is 59.3 Å². The standard InChI is InChI=1S/C24H27N3O2S/c1-6-26-21-11-15(2)17(12-19(21)16(3)14-24(26,4)5)7-10-23-25-20-9-8-18(27(28)29)13-22(20)30-23/h7-13,16H,6,14H2,1-5H3/b10-7+. The van der Waals surface area contributed by atoms with Gasteiger partial charge in [-0.1, -0.05) is 13.0 Å². The van der Waals surface area contributed by atoms with Gasteiger partial charge in [0.2, 0.25) is 0 Å². The van der Waals surface area contributed by atoms with E-state index in [0.29, 0.717) is 5.92 Å². The molecule has 156 valence electrons. The summed E-state index contributed by atoms with van der Waals surface area (Å²) >= 11 is 1.48. The molecule has 6 heteroatoms. The van der Waals surface area contributed by atoms with E-state index in [1.54, 1.807) is 12.1 Å². The first kappa shape index (κ1) is 20.5. The van der Waals surface area contributed by atoms with Crippen LogP contribution in [0.15, 0.2) is 30.3 Å². The summed E-state index contributed by atoms with van der Waals surface area (Å²) in [6, 6.07) is 9.45. The fraction of sp³-hybridized carbons (Fsp3) is 0.375. The fourth-order valence-corrected chi connectivity index (χ4v) is 5.61. The first-order valence-electron chi connectivity index (χ1n) is 10.3. The van der Waals surface area contributed by atoms with Gasteiger partial charge in [0.15, 0.2) is 0 Å². The molecule has 0 aliphatic carbocycles. The number of hydrogen-bond donors (Lipinski definition) is 0. The Bertz CT molecular complexity index is 1160. The molecule has 4 rings (SSSR count). The largest absolute Gasteiger partial charge is 0.366 e. The molecule has 0 saturated heterocycles. The molecule has 0 fully saturated rings. The van der Waals surface area contributed by atoms with E-state index in [0.717, 1.165) is 28.2 Å². The van der Waals surface area contributed by atoms with Crippen molar-refractivity contribution in [3.05, 3.63) is 62.1 Å². The van der Waals surface area contributed by atoms with Crippen LogP contribution in [0.5, 0.6) is 0 Å². The molecular formula is C24H27N3O2S. The number of nitro groups is 1. The van der Waals surface area contributed by atoms with Crippen molar-refractivity contribution in [1.29, 1.82) is 0 Å². The maximum Gasteiger partial charge on any atom is 0.270 e. The van der Waals surface area contributed by atoms with Crippen molar-refractivity contribution in [2.45, 2.75) is 52.5 Å². The number of benzene rings is 2. The Morgan fingerprint density at radius 3 is 2.77 bits per heavy atom. The first-order valence-corrected chi connectivity index (χ1v) is 11.2. The average Bonchev–Trinajstić information content (AvgIpc) is 3.08. The van der Waals surface area contributed by atoms with E-state index in [1.165, 1.54) is 39.8 Å². The number of rotatable bonds is 4. The summed E-state index contributed by atoms with van der Waals surface area (Å²) in [5.41, 5.74) is 6.25. The molecule has 0 N–H and O–H groups in total. The third-order valence-corrected chi connectivity index (χ3v) is 7.08. The number of thiazole rings is 1. The first-order chi connectivity index (χ1) is 14.2. The van der Waals surface area contributed by atoms with Crippen LogP contribution in [0.1, 0.15) is 61.7 Å². The van der Waals surface area contributed by atoms with E-state index in [2.05, 4.69) is 62.7 Å². The maximum absolute atomic E-state index is 11.0.